The van der Waals surface area contributed by atoms with Crippen LogP contribution in [0.3, 0.4) is 0 Å². The summed E-state index contributed by atoms with van der Waals surface area (Å²) in [6.45, 7) is 0. The van der Waals surface area contributed by atoms with Crippen molar-refractivity contribution in [2.75, 3.05) is 4.90 Å². The van der Waals surface area contributed by atoms with Crippen molar-refractivity contribution < 1.29 is 0 Å². The van der Waals surface area contributed by atoms with Crippen LogP contribution in [0.5, 0.6) is 0 Å². The first-order chi connectivity index (χ1) is 31.3. The Morgan fingerprint density at radius 2 is 1.10 bits per heavy atom. The molecule has 0 saturated heterocycles. The summed E-state index contributed by atoms with van der Waals surface area (Å²) in [6, 6.07) is 73.0. The van der Waals surface area contributed by atoms with Crippen molar-refractivity contribution in [2.45, 2.75) is 29.7 Å². The number of hydrogen-bond donors (Lipinski definition) is 0. The molecular weight excluding hydrogens is 779 g/mol. The third-order valence-corrected chi connectivity index (χ3v) is 15.5. The molecule has 1 aromatic heterocycles. The summed E-state index contributed by atoms with van der Waals surface area (Å²) in [6.07, 6.45) is 15.1. The Hall–Kier alpha value is -7.26. The predicted molar refractivity (Wildman–Crippen MR) is 266 cm³/mol. The van der Waals surface area contributed by atoms with Crippen LogP contribution in [0.25, 0.3) is 48.0 Å². The maximum atomic E-state index is 2.68. The van der Waals surface area contributed by atoms with E-state index in [9.17, 15) is 0 Å². The molecule has 4 aliphatic rings. The minimum absolute atomic E-state index is 0.0131. The highest BCUT2D eigenvalue weighted by Gasteiger charge is 2.49. The SMILES string of the molecule is C1=CC2c3ccccc3-c3ccc(N(c4ccccc4-c4cccc5c4sc4ccccc45)C4C=CC5=C(C4)C(c4ccccc4)(c4ccccc4)c4ccccc45)cc3C2C=C1. The lowest BCUT2D eigenvalue weighted by atomic mass is 9.65. The summed E-state index contributed by atoms with van der Waals surface area (Å²) in [7, 11) is 0. The minimum atomic E-state index is -0.447. The number of para-hydroxylation sites is 1. The van der Waals surface area contributed by atoms with Gasteiger partial charge >= 0.3 is 0 Å². The van der Waals surface area contributed by atoms with Crippen LogP contribution in [0.15, 0.2) is 236 Å². The fraction of sp³-hybridized carbons (Fsp3) is 0.0820. The van der Waals surface area contributed by atoms with Crippen molar-refractivity contribution in [1.29, 1.82) is 0 Å². The number of benzene rings is 8. The molecule has 13 rings (SSSR count). The summed E-state index contributed by atoms with van der Waals surface area (Å²) in [5, 5.41) is 2.64. The minimum Gasteiger partial charge on any atom is -0.334 e. The molecule has 0 bridgehead atoms. The lowest BCUT2D eigenvalue weighted by Gasteiger charge is -2.41. The van der Waals surface area contributed by atoms with E-state index in [-0.39, 0.29) is 12.0 Å². The highest BCUT2D eigenvalue weighted by Crippen LogP contribution is 2.59. The molecule has 1 nitrogen and oxygen atoms in total. The molecule has 1 heterocycles. The quantitative estimate of drug-likeness (QED) is 0.161. The molecule has 63 heavy (non-hydrogen) atoms. The summed E-state index contributed by atoms with van der Waals surface area (Å²) in [4.78, 5) is 2.68. The van der Waals surface area contributed by atoms with Crippen molar-refractivity contribution >= 4 is 48.5 Å². The smallest absolute Gasteiger partial charge is 0.0677 e. The molecule has 0 fully saturated rings. The van der Waals surface area contributed by atoms with Gasteiger partial charge in [-0.05, 0) is 86.3 Å². The molecule has 2 heteroatoms. The van der Waals surface area contributed by atoms with Gasteiger partial charge in [0.05, 0.1) is 11.5 Å². The van der Waals surface area contributed by atoms with Crippen LogP contribution in [0, 0.1) is 0 Å². The topological polar surface area (TPSA) is 3.24 Å². The zero-order chi connectivity index (χ0) is 41.5. The van der Waals surface area contributed by atoms with Gasteiger partial charge in [-0.2, -0.15) is 0 Å². The van der Waals surface area contributed by atoms with Crippen LogP contribution in [-0.2, 0) is 5.41 Å². The Kier molecular flexibility index (Phi) is 8.33. The van der Waals surface area contributed by atoms with Crippen LogP contribution in [0.1, 0.15) is 51.6 Å². The Morgan fingerprint density at radius 1 is 0.476 bits per heavy atom. The Balaban J connectivity index is 1.04. The van der Waals surface area contributed by atoms with Crippen molar-refractivity contribution in [2.24, 2.45) is 0 Å². The largest absolute Gasteiger partial charge is 0.334 e. The third-order valence-electron chi connectivity index (χ3n) is 14.3. The van der Waals surface area contributed by atoms with Crippen LogP contribution >= 0.6 is 11.3 Å². The number of anilines is 2. The predicted octanol–water partition coefficient (Wildman–Crippen LogP) is 16.0. The average molecular weight is 822 g/mol. The van der Waals surface area contributed by atoms with Crippen molar-refractivity contribution in [3.8, 4) is 22.3 Å². The van der Waals surface area contributed by atoms with E-state index in [4.69, 9.17) is 0 Å². The number of fused-ring (bicyclic) bond motifs is 11. The first-order valence-electron chi connectivity index (χ1n) is 22.3. The second-order valence-corrected chi connectivity index (χ2v) is 18.5. The third kappa shape index (κ3) is 5.41. The van der Waals surface area contributed by atoms with Crippen LogP contribution in [-0.4, -0.2) is 6.04 Å². The van der Waals surface area contributed by atoms with Crippen molar-refractivity contribution in [3.63, 3.8) is 0 Å². The Morgan fingerprint density at radius 3 is 1.90 bits per heavy atom. The highest BCUT2D eigenvalue weighted by molar-refractivity contribution is 7.26. The normalized spacial score (nSPS) is 18.8. The van der Waals surface area contributed by atoms with Gasteiger partial charge in [-0.15, -0.1) is 11.3 Å². The van der Waals surface area contributed by atoms with Crippen LogP contribution < -0.4 is 4.90 Å². The lowest BCUT2D eigenvalue weighted by molar-refractivity contribution is 0.652. The number of thiophene rings is 1. The summed E-state index contributed by atoms with van der Waals surface area (Å²) in [5.41, 5.74) is 18.1. The van der Waals surface area contributed by atoms with E-state index in [0.29, 0.717) is 5.92 Å². The van der Waals surface area contributed by atoms with Gasteiger partial charge in [0.15, 0.2) is 0 Å². The summed E-state index contributed by atoms with van der Waals surface area (Å²) < 4.78 is 2.65. The number of nitrogens with zero attached hydrogens (tertiary/aromatic N) is 1. The molecule has 298 valence electrons. The average Bonchev–Trinajstić information content (AvgIpc) is 3.89. The van der Waals surface area contributed by atoms with Crippen molar-refractivity contribution in [3.05, 3.63) is 270 Å². The van der Waals surface area contributed by atoms with Gasteiger partial charge in [-0.1, -0.05) is 206 Å². The van der Waals surface area contributed by atoms with Gasteiger partial charge < -0.3 is 4.90 Å². The number of rotatable bonds is 6. The van der Waals surface area contributed by atoms with Crippen molar-refractivity contribution in [1.82, 2.24) is 0 Å². The highest BCUT2D eigenvalue weighted by atomic mass is 32.1. The lowest BCUT2D eigenvalue weighted by Crippen LogP contribution is -2.37. The zero-order valence-corrected chi connectivity index (χ0v) is 35.6. The molecule has 0 radical (unpaired) electrons. The maximum Gasteiger partial charge on any atom is 0.0677 e. The van der Waals surface area contributed by atoms with E-state index < -0.39 is 5.41 Å². The monoisotopic (exact) mass is 821 g/mol. The summed E-state index contributed by atoms with van der Waals surface area (Å²) >= 11 is 1.91. The first kappa shape index (κ1) is 36.4. The molecule has 0 saturated carbocycles. The number of allylic oxidation sites excluding steroid dienone is 6. The van der Waals surface area contributed by atoms with Gasteiger partial charge in [-0.3, -0.25) is 0 Å². The molecule has 0 amide bonds. The fourth-order valence-corrected chi connectivity index (χ4v) is 13.0. The zero-order valence-electron chi connectivity index (χ0n) is 34.7. The molecule has 8 aromatic carbocycles. The molecule has 3 unspecified atom stereocenters. The number of hydrogen-bond acceptors (Lipinski definition) is 2. The second kappa shape index (κ2) is 14.4. The molecule has 0 spiro atoms. The Labute approximate surface area is 373 Å². The molecular formula is C61H43NS. The van der Waals surface area contributed by atoms with E-state index in [1.54, 1.807) is 0 Å². The van der Waals surface area contributed by atoms with Gasteiger partial charge in [0, 0.05) is 54.5 Å². The standard InChI is InChI=1S/C61H43NS/c1-3-18-40(19-4-1)61(41-20-5-2-6-21-41)56-31-14-11-26-49(56)50-37-35-43(39-57(50)61)62(42-34-36-48-46-24-8-7-22-44(46)45-23-9-10-25-47(45)55(48)38-42)58-32-15-12-27-51(58)53-29-17-30-54-52-28-13-16-33-59(52)63-60(53)54/h1-38,43,45,47H,39H2. The molecule has 3 atom stereocenters. The molecule has 4 aliphatic carbocycles. The maximum absolute atomic E-state index is 2.68. The fourth-order valence-electron chi connectivity index (χ4n) is 11.7. The van der Waals surface area contributed by atoms with E-state index in [1.165, 1.54) is 98.3 Å². The van der Waals surface area contributed by atoms with E-state index in [0.717, 1.165) is 6.42 Å². The van der Waals surface area contributed by atoms with Gasteiger partial charge in [0.25, 0.3) is 0 Å². The van der Waals surface area contributed by atoms with E-state index in [2.05, 4.69) is 235 Å². The molecule has 0 N–H and O–H groups in total. The second-order valence-electron chi connectivity index (χ2n) is 17.4. The van der Waals surface area contributed by atoms with E-state index >= 15 is 0 Å². The van der Waals surface area contributed by atoms with Gasteiger partial charge in [0.1, 0.15) is 0 Å². The summed E-state index contributed by atoms with van der Waals surface area (Å²) in [5.74, 6) is 0.561. The van der Waals surface area contributed by atoms with Gasteiger partial charge in [-0.25, -0.2) is 0 Å². The van der Waals surface area contributed by atoms with Crippen LogP contribution in [0.2, 0.25) is 0 Å². The first-order valence-corrected chi connectivity index (χ1v) is 23.1. The Bertz CT molecular complexity index is 3360. The van der Waals surface area contributed by atoms with E-state index in [1.807, 2.05) is 11.3 Å². The molecule has 0 aliphatic heterocycles. The van der Waals surface area contributed by atoms with Gasteiger partial charge in [0.2, 0.25) is 0 Å². The van der Waals surface area contributed by atoms with Crippen LogP contribution in [0.4, 0.5) is 11.4 Å². The molecule has 9 aromatic rings.